The molecule has 0 atom stereocenters. The minimum absolute atomic E-state index is 0.0292. The lowest BCUT2D eigenvalue weighted by atomic mass is 9.86. The summed E-state index contributed by atoms with van der Waals surface area (Å²) in [5, 5.41) is 18.5. The number of unbranched alkanes of at least 4 members (excludes halogenated alkanes) is 1. The van der Waals surface area contributed by atoms with E-state index in [9.17, 15) is 10.1 Å². The van der Waals surface area contributed by atoms with E-state index in [2.05, 4.69) is 0 Å². The van der Waals surface area contributed by atoms with Crippen LogP contribution in [0, 0.1) is 27.9 Å². The summed E-state index contributed by atoms with van der Waals surface area (Å²) in [5.74, 6) is 0.489. The molecule has 21 heavy (non-hydrogen) atoms. The maximum absolute atomic E-state index is 11.0. The van der Waals surface area contributed by atoms with E-state index in [4.69, 9.17) is 15.9 Å². The van der Waals surface area contributed by atoms with E-state index in [1.165, 1.54) is 0 Å². The lowest BCUT2D eigenvalue weighted by Crippen LogP contribution is -2.30. The number of ether oxygens (including phenoxy) is 1. The quantitative estimate of drug-likeness (QED) is 0.252. The molecule has 0 aliphatic carbocycles. The molecule has 1 aromatic rings. The number of hydrogen-bond donors (Lipinski definition) is 2. The topological polar surface area (TPSA) is 102 Å². The fourth-order valence-electron chi connectivity index (χ4n) is 1.97. The van der Waals surface area contributed by atoms with Crippen LogP contribution in [0.15, 0.2) is 18.2 Å². The highest BCUT2D eigenvalue weighted by molar-refractivity contribution is 5.82. The molecule has 6 nitrogen and oxygen atoms in total. The minimum Gasteiger partial charge on any atom is -0.487 e. The number of nitrogens with one attached hydrogen (secondary N) is 1. The fourth-order valence-corrected chi connectivity index (χ4v) is 1.97. The van der Waals surface area contributed by atoms with E-state index >= 15 is 0 Å². The molecule has 0 fully saturated rings. The van der Waals surface area contributed by atoms with Crippen molar-refractivity contribution in [2.24, 2.45) is 11.1 Å². The number of aryl methyl sites for hydroxylation is 1. The Morgan fingerprint density at radius 2 is 2.10 bits per heavy atom. The van der Waals surface area contributed by atoms with Crippen molar-refractivity contribution in [2.75, 3.05) is 6.61 Å². The monoisotopic (exact) mass is 293 g/mol. The number of benzene rings is 1. The van der Waals surface area contributed by atoms with Crippen molar-refractivity contribution in [1.29, 1.82) is 5.41 Å². The number of amidine groups is 1. The Hall–Kier alpha value is -2.11. The van der Waals surface area contributed by atoms with Gasteiger partial charge in [-0.1, -0.05) is 26.0 Å². The number of hydrogen-bond acceptors (Lipinski definition) is 4. The molecule has 0 heterocycles. The Labute approximate surface area is 125 Å². The van der Waals surface area contributed by atoms with Crippen molar-refractivity contribution in [3.63, 3.8) is 0 Å². The Balaban J connectivity index is 2.49. The molecule has 0 aromatic heterocycles. The van der Waals surface area contributed by atoms with Crippen LogP contribution in [-0.4, -0.2) is 17.4 Å². The summed E-state index contributed by atoms with van der Waals surface area (Å²) < 4.78 is 5.53. The molecule has 0 amide bonds. The van der Waals surface area contributed by atoms with E-state index in [-0.39, 0.29) is 16.9 Å². The predicted molar refractivity (Wildman–Crippen MR) is 82.9 cm³/mol. The summed E-state index contributed by atoms with van der Waals surface area (Å²) >= 11 is 0. The van der Waals surface area contributed by atoms with Gasteiger partial charge in [-0.2, -0.15) is 0 Å². The lowest BCUT2D eigenvalue weighted by Gasteiger charge is -2.22. The van der Waals surface area contributed by atoms with Gasteiger partial charge < -0.3 is 10.5 Å². The molecule has 6 heteroatoms. The largest absolute Gasteiger partial charge is 0.487 e. The Morgan fingerprint density at radius 1 is 1.43 bits per heavy atom. The van der Waals surface area contributed by atoms with E-state index in [1.54, 1.807) is 25.1 Å². The molecule has 0 saturated carbocycles. The van der Waals surface area contributed by atoms with Gasteiger partial charge in [0.15, 0.2) is 5.75 Å². The molecule has 0 radical (unpaired) electrons. The van der Waals surface area contributed by atoms with Gasteiger partial charge in [0.1, 0.15) is 0 Å². The number of nitrogens with zero attached hydrogens (tertiary/aromatic N) is 1. The second-order valence-electron chi connectivity index (χ2n) is 5.78. The molecule has 1 aromatic carbocycles. The zero-order valence-electron chi connectivity index (χ0n) is 12.8. The zero-order valence-corrected chi connectivity index (χ0v) is 12.8. The third-order valence-electron chi connectivity index (χ3n) is 3.57. The summed E-state index contributed by atoms with van der Waals surface area (Å²) in [6, 6.07) is 5.06. The summed E-state index contributed by atoms with van der Waals surface area (Å²) in [6.45, 7) is 5.97. The van der Waals surface area contributed by atoms with Gasteiger partial charge in [0.2, 0.25) is 0 Å². The summed E-state index contributed by atoms with van der Waals surface area (Å²) in [5.41, 5.74) is 5.83. The Kier molecular flexibility index (Phi) is 5.69. The Morgan fingerprint density at radius 3 is 2.67 bits per heavy atom. The molecule has 116 valence electrons. The third-order valence-corrected chi connectivity index (χ3v) is 3.57. The van der Waals surface area contributed by atoms with Crippen LogP contribution in [0.3, 0.4) is 0 Å². The lowest BCUT2D eigenvalue weighted by molar-refractivity contribution is -0.386. The van der Waals surface area contributed by atoms with Crippen molar-refractivity contribution < 1.29 is 9.66 Å². The zero-order chi connectivity index (χ0) is 16.0. The molecule has 0 spiro atoms. The van der Waals surface area contributed by atoms with Gasteiger partial charge in [0.05, 0.1) is 17.4 Å². The number of nitro groups is 1. The molecule has 0 aliphatic heterocycles. The first-order chi connectivity index (χ1) is 9.75. The molecule has 1 rings (SSSR count). The van der Waals surface area contributed by atoms with Crippen molar-refractivity contribution >= 4 is 11.5 Å². The van der Waals surface area contributed by atoms with Crippen LogP contribution in [0.25, 0.3) is 0 Å². The second-order valence-corrected chi connectivity index (χ2v) is 5.78. The maximum atomic E-state index is 11.0. The van der Waals surface area contributed by atoms with Crippen LogP contribution in [0.1, 0.15) is 38.7 Å². The van der Waals surface area contributed by atoms with E-state index in [0.717, 1.165) is 19.3 Å². The van der Waals surface area contributed by atoms with Crippen LogP contribution in [0.4, 0.5) is 5.69 Å². The predicted octanol–water partition coefficient (Wildman–Crippen LogP) is 3.41. The number of rotatable bonds is 8. The van der Waals surface area contributed by atoms with Gasteiger partial charge >= 0.3 is 5.69 Å². The van der Waals surface area contributed by atoms with Crippen LogP contribution in [-0.2, 0) is 0 Å². The molecular formula is C15H23N3O3. The third kappa shape index (κ3) is 4.73. The highest BCUT2D eigenvalue weighted by Gasteiger charge is 2.21. The van der Waals surface area contributed by atoms with Crippen LogP contribution in [0.2, 0.25) is 0 Å². The van der Waals surface area contributed by atoms with Crippen LogP contribution < -0.4 is 10.5 Å². The van der Waals surface area contributed by atoms with Gasteiger partial charge in [-0.15, -0.1) is 0 Å². The highest BCUT2D eigenvalue weighted by atomic mass is 16.6. The van der Waals surface area contributed by atoms with Gasteiger partial charge in [0.25, 0.3) is 0 Å². The van der Waals surface area contributed by atoms with Gasteiger partial charge in [-0.25, -0.2) is 0 Å². The molecule has 0 saturated heterocycles. The standard InChI is InChI=1S/C15H23N3O3/c1-11-7-6-8-12(13(11)18(19)20)21-10-5-4-9-15(2,3)14(16)17/h6-8H,4-5,9-10H2,1-3H3,(H3,16,17). The van der Waals surface area contributed by atoms with E-state index in [1.807, 2.05) is 13.8 Å². The minimum atomic E-state index is -0.413. The average Bonchev–Trinajstić information content (AvgIpc) is 2.37. The van der Waals surface area contributed by atoms with E-state index < -0.39 is 4.92 Å². The number of nitro benzene ring substituents is 1. The van der Waals surface area contributed by atoms with E-state index in [0.29, 0.717) is 17.9 Å². The van der Waals surface area contributed by atoms with Gasteiger partial charge in [-0.05, 0) is 32.3 Å². The SMILES string of the molecule is Cc1cccc(OCCCCC(C)(C)C(=N)N)c1[N+](=O)[O-]. The van der Waals surface area contributed by atoms with Crippen molar-refractivity contribution in [1.82, 2.24) is 0 Å². The molecule has 3 N–H and O–H groups in total. The first kappa shape index (κ1) is 16.9. The summed E-state index contributed by atoms with van der Waals surface area (Å²) in [7, 11) is 0. The highest BCUT2D eigenvalue weighted by Crippen LogP contribution is 2.30. The first-order valence-electron chi connectivity index (χ1n) is 6.97. The van der Waals surface area contributed by atoms with Crippen molar-refractivity contribution in [3.05, 3.63) is 33.9 Å². The fraction of sp³-hybridized carbons (Fsp3) is 0.533. The Bertz CT molecular complexity index is 527. The maximum Gasteiger partial charge on any atom is 0.313 e. The first-order valence-corrected chi connectivity index (χ1v) is 6.97. The molecular weight excluding hydrogens is 270 g/mol. The normalized spacial score (nSPS) is 11.2. The molecule has 0 unspecified atom stereocenters. The molecule has 0 bridgehead atoms. The second kappa shape index (κ2) is 7.06. The van der Waals surface area contributed by atoms with Gasteiger partial charge in [-0.3, -0.25) is 15.5 Å². The number of para-hydroxylation sites is 1. The van der Waals surface area contributed by atoms with Crippen molar-refractivity contribution in [3.8, 4) is 5.75 Å². The van der Waals surface area contributed by atoms with Gasteiger partial charge in [0, 0.05) is 11.0 Å². The van der Waals surface area contributed by atoms with Crippen LogP contribution >= 0.6 is 0 Å². The van der Waals surface area contributed by atoms with Crippen LogP contribution in [0.5, 0.6) is 5.75 Å². The molecule has 0 aliphatic rings. The summed E-state index contributed by atoms with van der Waals surface area (Å²) in [4.78, 5) is 10.6. The average molecular weight is 293 g/mol. The van der Waals surface area contributed by atoms with Crippen molar-refractivity contribution in [2.45, 2.75) is 40.0 Å². The smallest absolute Gasteiger partial charge is 0.313 e. The summed E-state index contributed by atoms with van der Waals surface area (Å²) in [6.07, 6.45) is 2.41. The number of nitrogens with two attached hydrogens (primary N) is 1.